The van der Waals surface area contributed by atoms with Gasteiger partial charge in [-0.3, -0.25) is 9.52 Å². The lowest BCUT2D eigenvalue weighted by atomic mass is 10.1. The van der Waals surface area contributed by atoms with Crippen LogP contribution in [-0.4, -0.2) is 20.7 Å². The number of anilines is 2. The van der Waals surface area contributed by atoms with E-state index in [-0.39, 0.29) is 21.8 Å². The van der Waals surface area contributed by atoms with Gasteiger partial charge in [-0.15, -0.1) is 13.2 Å². The van der Waals surface area contributed by atoms with E-state index >= 15 is 0 Å². The molecule has 1 amide bonds. The molecule has 0 spiro atoms. The van der Waals surface area contributed by atoms with Gasteiger partial charge >= 0.3 is 6.36 Å². The number of carbonyl (C=O) groups is 1. The van der Waals surface area contributed by atoms with Crippen LogP contribution in [-0.2, 0) is 10.0 Å². The first kappa shape index (κ1) is 22.2. The molecule has 0 fully saturated rings. The molecule has 3 rings (SSSR count). The predicted molar refractivity (Wildman–Crippen MR) is 110 cm³/mol. The van der Waals surface area contributed by atoms with Crippen LogP contribution in [0.4, 0.5) is 24.5 Å². The highest BCUT2D eigenvalue weighted by Crippen LogP contribution is 2.26. The molecule has 0 unspecified atom stereocenters. The van der Waals surface area contributed by atoms with Gasteiger partial charge in [0.25, 0.3) is 15.9 Å². The van der Waals surface area contributed by atoms with Crippen LogP contribution in [0.15, 0.2) is 77.7 Å². The van der Waals surface area contributed by atoms with Gasteiger partial charge in [-0.25, -0.2) is 8.42 Å². The smallest absolute Gasteiger partial charge is 0.406 e. The zero-order valence-corrected chi connectivity index (χ0v) is 16.9. The number of hydrogen-bond donors (Lipinski definition) is 2. The van der Waals surface area contributed by atoms with Gasteiger partial charge in [0, 0.05) is 11.3 Å². The van der Waals surface area contributed by atoms with Gasteiger partial charge in [0.2, 0.25) is 0 Å². The minimum atomic E-state index is -4.81. The summed E-state index contributed by atoms with van der Waals surface area (Å²) in [5.74, 6) is -0.971. The first-order chi connectivity index (χ1) is 14.5. The number of amides is 1. The van der Waals surface area contributed by atoms with Gasteiger partial charge in [0.05, 0.1) is 10.6 Å². The van der Waals surface area contributed by atoms with Crippen molar-refractivity contribution in [3.8, 4) is 5.75 Å². The third-order valence-electron chi connectivity index (χ3n) is 4.22. The molecular formula is C21H17F3N2O4S. The summed E-state index contributed by atoms with van der Waals surface area (Å²) in [5.41, 5.74) is 1.06. The Morgan fingerprint density at radius 2 is 1.55 bits per heavy atom. The number of halogens is 3. The lowest BCUT2D eigenvalue weighted by Crippen LogP contribution is -2.18. The summed E-state index contributed by atoms with van der Waals surface area (Å²) < 4.78 is 68.1. The first-order valence-corrected chi connectivity index (χ1v) is 10.4. The van der Waals surface area contributed by atoms with E-state index in [1.807, 2.05) is 0 Å². The Morgan fingerprint density at radius 1 is 0.903 bits per heavy atom. The lowest BCUT2D eigenvalue weighted by molar-refractivity contribution is -0.274. The van der Waals surface area contributed by atoms with Gasteiger partial charge in [0.1, 0.15) is 5.75 Å². The standard InChI is InChI=1S/C21H17F3N2O4S/c1-14-18(20(27)25-15-10-12-16(13-11-15)30-21(22,23)24)8-5-9-19(14)26-31(28,29)17-6-3-2-4-7-17/h2-13,26H,1H3,(H,25,27). The quantitative estimate of drug-likeness (QED) is 0.557. The zero-order valence-electron chi connectivity index (χ0n) is 16.1. The summed E-state index contributed by atoms with van der Waals surface area (Å²) in [5, 5.41) is 2.56. The Labute approximate surface area is 176 Å². The zero-order chi connectivity index (χ0) is 22.6. The number of sulfonamides is 1. The average molecular weight is 450 g/mol. The number of hydrogen-bond acceptors (Lipinski definition) is 4. The van der Waals surface area contributed by atoms with E-state index in [2.05, 4.69) is 14.8 Å². The second kappa shape index (κ2) is 8.68. The molecule has 0 radical (unpaired) electrons. The Morgan fingerprint density at radius 3 is 2.16 bits per heavy atom. The van der Waals surface area contributed by atoms with Crippen molar-refractivity contribution in [2.24, 2.45) is 0 Å². The molecule has 10 heteroatoms. The van der Waals surface area contributed by atoms with Crippen molar-refractivity contribution in [1.29, 1.82) is 0 Å². The van der Waals surface area contributed by atoms with Gasteiger partial charge in [0.15, 0.2) is 0 Å². The molecule has 6 nitrogen and oxygen atoms in total. The molecule has 3 aromatic rings. The topological polar surface area (TPSA) is 84.5 Å². The van der Waals surface area contributed by atoms with Crippen LogP contribution >= 0.6 is 0 Å². The lowest BCUT2D eigenvalue weighted by Gasteiger charge is -2.14. The Kier molecular flexibility index (Phi) is 6.21. The van der Waals surface area contributed by atoms with E-state index in [1.54, 1.807) is 25.1 Å². The first-order valence-electron chi connectivity index (χ1n) is 8.90. The van der Waals surface area contributed by atoms with Crippen LogP contribution in [0, 0.1) is 6.92 Å². The molecule has 0 aromatic heterocycles. The maximum Gasteiger partial charge on any atom is 0.573 e. The molecule has 31 heavy (non-hydrogen) atoms. The van der Waals surface area contributed by atoms with E-state index in [9.17, 15) is 26.4 Å². The Bertz CT molecular complexity index is 1180. The summed E-state index contributed by atoms with van der Waals surface area (Å²) in [7, 11) is -3.84. The summed E-state index contributed by atoms with van der Waals surface area (Å²) in [6.45, 7) is 1.58. The largest absolute Gasteiger partial charge is 0.573 e. The van der Waals surface area contributed by atoms with E-state index in [0.717, 1.165) is 12.1 Å². The summed E-state index contributed by atoms with van der Waals surface area (Å²) in [6.07, 6.45) is -4.81. The Balaban J connectivity index is 1.77. The van der Waals surface area contributed by atoms with E-state index in [4.69, 9.17) is 0 Å². The highest BCUT2D eigenvalue weighted by atomic mass is 32.2. The summed E-state index contributed by atoms with van der Waals surface area (Å²) in [4.78, 5) is 12.7. The molecular weight excluding hydrogens is 433 g/mol. The number of ether oxygens (including phenoxy) is 1. The number of rotatable bonds is 6. The number of nitrogens with one attached hydrogen (secondary N) is 2. The fraction of sp³-hybridized carbons (Fsp3) is 0.0952. The summed E-state index contributed by atoms with van der Waals surface area (Å²) >= 11 is 0. The number of carbonyl (C=O) groups excluding carboxylic acids is 1. The molecule has 0 saturated heterocycles. The molecule has 0 aliphatic heterocycles. The van der Waals surface area contributed by atoms with Gasteiger partial charge in [-0.05, 0) is 61.0 Å². The van der Waals surface area contributed by atoms with Crippen molar-refractivity contribution in [1.82, 2.24) is 0 Å². The molecule has 3 aromatic carbocycles. The van der Waals surface area contributed by atoms with Crippen molar-refractivity contribution >= 4 is 27.3 Å². The maximum absolute atomic E-state index is 12.6. The van der Waals surface area contributed by atoms with Crippen molar-refractivity contribution in [3.63, 3.8) is 0 Å². The van der Waals surface area contributed by atoms with Crippen molar-refractivity contribution in [2.45, 2.75) is 18.2 Å². The molecule has 0 aliphatic rings. The predicted octanol–water partition coefficient (Wildman–Crippen LogP) is 4.95. The van der Waals surface area contributed by atoms with E-state index in [1.165, 1.54) is 42.5 Å². The fourth-order valence-corrected chi connectivity index (χ4v) is 3.88. The van der Waals surface area contributed by atoms with Crippen molar-refractivity contribution < 1.29 is 31.1 Å². The normalized spacial score (nSPS) is 11.6. The van der Waals surface area contributed by atoms with Gasteiger partial charge in [-0.2, -0.15) is 0 Å². The second-order valence-electron chi connectivity index (χ2n) is 6.42. The molecule has 162 valence electrons. The van der Waals surface area contributed by atoms with E-state index < -0.39 is 28.0 Å². The maximum atomic E-state index is 12.6. The van der Waals surface area contributed by atoms with Crippen LogP contribution < -0.4 is 14.8 Å². The van der Waals surface area contributed by atoms with Crippen LogP contribution in [0.3, 0.4) is 0 Å². The van der Waals surface area contributed by atoms with Gasteiger partial charge < -0.3 is 10.1 Å². The molecule has 0 bridgehead atoms. The molecule has 0 heterocycles. The minimum absolute atomic E-state index is 0.0745. The van der Waals surface area contributed by atoms with Crippen LogP contribution in [0.2, 0.25) is 0 Å². The summed E-state index contributed by atoms with van der Waals surface area (Å²) in [6, 6.07) is 17.0. The monoisotopic (exact) mass is 450 g/mol. The third-order valence-corrected chi connectivity index (χ3v) is 5.60. The molecule has 2 N–H and O–H groups in total. The van der Waals surface area contributed by atoms with Crippen LogP contribution in [0.5, 0.6) is 5.75 Å². The second-order valence-corrected chi connectivity index (χ2v) is 8.11. The molecule has 0 atom stereocenters. The fourth-order valence-electron chi connectivity index (χ4n) is 2.73. The van der Waals surface area contributed by atoms with Crippen LogP contribution in [0.25, 0.3) is 0 Å². The average Bonchev–Trinajstić information content (AvgIpc) is 2.70. The third kappa shape index (κ3) is 5.76. The molecule has 0 aliphatic carbocycles. The van der Waals surface area contributed by atoms with Crippen molar-refractivity contribution in [2.75, 3.05) is 10.0 Å². The minimum Gasteiger partial charge on any atom is -0.406 e. The number of benzene rings is 3. The Hall–Kier alpha value is -3.53. The highest BCUT2D eigenvalue weighted by molar-refractivity contribution is 7.92. The van der Waals surface area contributed by atoms with Crippen molar-refractivity contribution in [3.05, 3.63) is 83.9 Å². The van der Waals surface area contributed by atoms with Gasteiger partial charge in [-0.1, -0.05) is 24.3 Å². The SMILES string of the molecule is Cc1c(NS(=O)(=O)c2ccccc2)cccc1C(=O)Nc1ccc(OC(F)(F)F)cc1. The highest BCUT2D eigenvalue weighted by Gasteiger charge is 2.31. The molecule has 0 saturated carbocycles. The number of alkyl halides is 3. The van der Waals surface area contributed by atoms with Crippen LogP contribution in [0.1, 0.15) is 15.9 Å². The van der Waals surface area contributed by atoms with E-state index in [0.29, 0.717) is 5.56 Å².